The molecule has 158 valence electrons. The fraction of sp³-hybridized carbons (Fsp3) is 0.250. The maximum atomic E-state index is 12.0. The van der Waals surface area contributed by atoms with Crippen LogP contribution < -0.4 is 5.32 Å². The van der Waals surface area contributed by atoms with Gasteiger partial charge in [0.05, 0.1) is 22.6 Å². The van der Waals surface area contributed by atoms with E-state index in [-0.39, 0.29) is 11.0 Å². The molecule has 31 heavy (non-hydrogen) atoms. The average molecular weight is 416 g/mol. The number of aromatic nitrogens is 3. The van der Waals surface area contributed by atoms with Gasteiger partial charge in [0.25, 0.3) is 0 Å². The zero-order valence-corrected chi connectivity index (χ0v) is 18.1. The summed E-state index contributed by atoms with van der Waals surface area (Å²) in [6, 6.07) is 11.6. The highest BCUT2D eigenvalue weighted by Crippen LogP contribution is 2.35. The molecule has 1 aromatic carbocycles. The van der Waals surface area contributed by atoms with E-state index in [9.17, 15) is 9.90 Å². The summed E-state index contributed by atoms with van der Waals surface area (Å²) in [6.07, 6.45) is 1.34. The fourth-order valence-corrected chi connectivity index (χ4v) is 3.74. The summed E-state index contributed by atoms with van der Waals surface area (Å²) in [5.41, 5.74) is 5.04. The summed E-state index contributed by atoms with van der Waals surface area (Å²) in [5, 5.41) is 17.8. The third kappa shape index (κ3) is 3.74. The molecule has 2 N–H and O–H groups in total. The van der Waals surface area contributed by atoms with Crippen LogP contribution in [0.15, 0.2) is 47.1 Å². The summed E-state index contributed by atoms with van der Waals surface area (Å²) in [7, 11) is 0. The van der Waals surface area contributed by atoms with Crippen LogP contribution in [-0.4, -0.2) is 26.2 Å². The highest BCUT2D eigenvalue weighted by molar-refractivity contribution is 6.05. The molecule has 0 amide bonds. The standard InChI is InChI=1S/C24H24N4O3/c1-13-20(14(2)31-28-13)19-11-10-15-21(16(23(29)30)12-25-22(15)27-19)26-18-9-7-6-8-17(18)24(3,4)5/h6-12H,1-5H3,(H,29,30)(H,25,26,27). The number of carboxylic acids is 1. The van der Waals surface area contributed by atoms with Gasteiger partial charge in [-0.25, -0.2) is 14.8 Å². The van der Waals surface area contributed by atoms with E-state index in [0.29, 0.717) is 28.2 Å². The van der Waals surface area contributed by atoms with Gasteiger partial charge in [0.1, 0.15) is 11.3 Å². The number of aromatic carboxylic acids is 1. The second-order valence-electron chi connectivity index (χ2n) is 8.54. The summed E-state index contributed by atoms with van der Waals surface area (Å²) in [6.45, 7) is 10.0. The summed E-state index contributed by atoms with van der Waals surface area (Å²) in [4.78, 5) is 21.0. The van der Waals surface area contributed by atoms with Gasteiger partial charge in [-0.15, -0.1) is 0 Å². The smallest absolute Gasteiger partial charge is 0.339 e. The molecule has 0 bridgehead atoms. The molecule has 3 heterocycles. The fourth-order valence-electron chi connectivity index (χ4n) is 3.74. The van der Waals surface area contributed by atoms with Crippen LogP contribution >= 0.6 is 0 Å². The number of hydrogen-bond donors (Lipinski definition) is 2. The van der Waals surface area contributed by atoms with Crippen molar-refractivity contribution >= 4 is 28.4 Å². The van der Waals surface area contributed by atoms with Gasteiger partial charge in [-0.2, -0.15) is 0 Å². The largest absolute Gasteiger partial charge is 0.478 e. The SMILES string of the molecule is Cc1noc(C)c1-c1ccc2c(Nc3ccccc3C(C)(C)C)c(C(=O)O)cnc2n1. The van der Waals surface area contributed by atoms with Crippen molar-refractivity contribution in [3.05, 3.63) is 65.2 Å². The van der Waals surface area contributed by atoms with E-state index in [1.807, 2.05) is 50.2 Å². The van der Waals surface area contributed by atoms with Crippen LogP contribution in [0.1, 0.15) is 48.1 Å². The first-order chi connectivity index (χ1) is 14.7. The van der Waals surface area contributed by atoms with E-state index in [1.165, 1.54) is 6.20 Å². The predicted molar refractivity (Wildman–Crippen MR) is 120 cm³/mol. The molecule has 0 atom stereocenters. The van der Waals surface area contributed by atoms with Crippen molar-refractivity contribution in [2.75, 3.05) is 5.32 Å². The van der Waals surface area contributed by atoms with Gasteiger partial charge in [0.15, 0.2) is 5.65 Å². The number of hydrogen-bond acceptors (Lipinski definition) is 6. The van der Waals surface area contributed by atoms with Gasteiger partial charge in [-0.1, -0.05) is 44.1 Å². The van der Waals surface area contributed by atoms with Crippen LogP contribution in [0.5, 0.6) is 0 Å². The second kappa shape index (κ2) is 7.50. The van der Waals surface area contributed by atoms with Crippen molar-refractivity contribution in [3.63, 3.8) is 0 Å². The monoisotopic (exact) mass is 416 g/mol. The first-order valence-electron chi connectivity index (χ1n) is 9.99. The zero-order valence-electron chi connectivity index (χ0n) is 18.1. The van der Waals surface area contributed by atoms with Crippen molar-refractivity contribution in [2.45, 2.75) is 40.0 Å². The molecule has 0 spiro atoms. The number of para-hydroxylation sites is 1. The molecule has 0 saturated heterocycles. The first kappa shape index (κ1) is 20.5. The Kier molecular flexibility index (Phi) is 4.97. The number of nitrogens with one attached hydrogen (secondary N) is 1. The normalized spacial score (nSPS) is 11.6. The van der Waals surface area contributed by atoms with Gasteiger partial charge < -0.3 is 14.9 Å². The van der Waals surface area contributed by atoms with Gasteiger partial charge >= 0.3 is 5.97 Å². The number of nitrogens with zero attached hydrogens (tertiary/aromatic N) is 3. The lowest BCUT2D eigenvalue weighted by Gasteiger charge is -2.24. The van der Waals surface area contributed by atoms with E-state index in [2.05, 4.69) is 41.2 Å². The zero-order chi connectivity index (χ0) is 22.3. The van der Waals surface area contributed by atoms with E-state index >= 15 is 0 Å². The molecule has 0 aliphatic heterocycles. The lowest BCUT2D eigenvalue weighted by Crippen LogP contribution is -2.14. The molecular formula is C24H24N4O3. The molecule has 0 aliphatic carbocycles. The Labute approximate surface area is 180 Å². The van der Waals surface area contributed by atoms with Crippen LogP contribution in [0, 0.1) is 13.8 Å². The molecule has 0 fully saturated rings. The van der Waals surface area contributed by atoms with Gasteiger partial charge in [0.2, 0.25) is 0 Å². The third-order valence-electron chi connectivity index (χ3n) is 5.24. The first-order valence-corrected chi connectivity index (χ1v) is 9.99. The van der Waals surface area contributed by atoms with Crippen molar-refractivity contribution in [2.24, 2.45) is 0 Å². The Morgan fingerprint density at radius 2 is 1.84 bits per heavy atom. The molecule has 7 nitrogen and oxygen atoms in total. The van der Waals surface area contributed by atoms with Crippen LogP contribution in [0.2, 0.25) is 0 Å². The predicted octanol–water partition coefficient (Wildman–Crippen LogP) is 5.64. The average Bonchev–Trinajstić information content (AvgIpc) is 3.05. The molecule has 0 radical (unpaired) electrons. The van der Waals surface area contributed by atoms with E-state index in [1.54, 1.807) is 0 Å². The minimum Gasteiger partial charge on any atom is -0.478 e. The van der Waals surface area contributed by atoms with Gasteiger partial charge in [-0.05, 0) is 43.0 Å². The van der Waals surface area contributed by atoms with Crippen molar-refractivity contribution in [1.82, 2.24) is 15.1 Å². The number of pyridine rings is 2. The number of benzene rings is 1. The Balaban J connectivity index is 1.90. The van der Waals surface area contributed by atoms with Crippen molar-refractivity contribution in [1.29, 1.82) is 0 Å². The number of rotatable bonds is 4. The third-order valence-corrected chi connectivity index (χ3v) is 5.24. The van der Waals surface area contributed by atoms with Crippen molar-refractivity contribution in [3.8, 4) is 11.3 Å². The molecule has 0 unspecified atom stereocenters. The minimum atomic E-state index is -1.06. The van der Waals surface area contributed by atoms with Crippen LogP contribution in [0.25, 0.3) is 22.3 Å². The number of carboxylic acid groups (broad SMARTS) is 1. The van der Waals surface area contributed by atoms with E-state index in [0.717, 1.165) is 22.5 Å². The van der Waals surface area contributed by atoms with Crippen LogP contribution in [0.3, 0.4) is 0 Å². The van der Waals surface area contributed by atoms with E-state index < -0.39 is 5.97 Å². The highest BCUT2D eigenvalue weighted by Gasteiger charge is 2.22. The van der Waals surface area contributed by atoms with Crippen LogP contribution in [0.4, 0.5) is 11.4 Å². The Morgan fingerprint density at radius 3 is 2.48 bits per heavy atom. The van der Waals surface area contributed by atoms with E-state index in [4.69, 9.17) is 4.52 Å². The number of anilines is 2. The van der Waals surface area contributed by atoms with Crippen molar-refractivity contribution < 1.29 is 14.4 Å². The van der Waals surface area contributed by atoms with Crippen LogP contribution in [-0.2, 0) is 5.41 Å². The molecule has 7 heteroatoms. The molecule has 0 saturated carbocycles. The highest BCUT2D eigenvalue weighted by atomic mass is 16.5. The molecule has 4 rings (SSSR count). The topological polar surface area (TPSA) is 101 Å². The Hall–Kier alpha value is -3.74. The number of fused-ring (bicyclic) bond motifs is 1. The summed E-state index contributed by atoms with van der Waals surface area (Å²) in [5.74, 6) is -0.385. The lowest BCUT2D eigenvalue weighted by atomic mass is 9.85. The molecular weight excluding hydrogens is 392 g/mol. The van der Waals surface area contributed by atoms with Gasteiger partial charge in [0, 0.05) is 17.3 Å². The number of aryl methyl sites for hydroxylation is 2. The summed E-state index contributed by atoms with van der Waals surface area (Å²) >= 11 is 0. The maximum Gasteiger partial charge on any atom is 0.339 e. The molecule has 0 aliphatic rings. The molecule has 4 aromatic rings. The maximum absolute atomic E-state index is 12.0. The number of carbonyl (C=O) groups is 1. The summed E-state index contributed by atoms with van der Waals surface area (Å²) < 4.78 is 5.26. The quantitative estimate of drug-likeness (QED) is 0.444. The Morgan fingerprint density at radius 1 is 1.10 bits per heavy atom. The second-order valence-corrected chi connectivity index (χ2v) is 8.54. The Bertz CT molecular complexity index is 1280. The minimum absolute atomic E-state index is 0.0862. The van der Waals surface area contributed by atoms with Gasteiger partial charge in [-0.3, -0.25) is 0 Å². The lowest BCUT2D eigenvalue weighted by molar-refractivity contribution is 0.0697. The molecule has 3 aromatic heterocycles.